The van der Waals surface area contributed by atoms with Gasteiger partial charge in [-0.15, -0.1) is 0 Å². The van der Waals surface area contributed by atoms with Crippen molar-refractivity contribution in [2.45, 2.75) is 31.5 Å². The summed E-state index contributed by atoms with van der Waals surface area (Å²) in [5.74, 6) is -1.47. The molecule has 0 bridgehead atoms. The minimum Gasteiger partial charge on any atom is -0.490 e. The largest absolute Gasteiger partial charge is 0.490 e. The summed E-state index contributed by atoms with van der Waals surface area (Å²) in [6.45, 7) is 1.34. The highest BCUT2D eigenvalue weighted by molar-refractivity contribution is 5.84. The molecule has 18 heavy (non-hydrogen) atoms. The van der Waals surface area contributed by atoms with Gasteiger partial charge in [-0.2, -0.15) is 0 Å². The Hall–Kier alpha value is -1.33. The molecule has 100 valence electrons. The van der Waals surface area contributed by atoms with Gasteiger partial charge in [0.25, 0.3) is 0 Å². The first kappa shape index (κ1) is 13.1. The smallest absolute Gasteiger partial charge is 0.371 e. The molecule has 1 spiro atoms. The van der Waals surface area contributed by atoms with Gasteiger partial charge in [-0.3, -0.25) is 0 Å². The van der Waals surface area contributed by atoms with Crippen molar-refractivity contribution < 1.29 is 24.1 Å². The quantitative estimate of drug-likeness (QED) is 0.615. The molecule has 0 unspecified atom stereocenters. The number of aliphatic carboxylic acids is 1. The van der Waals surface area contributed by atoms with Crippen molar-refractivity contribution in [2.24, 2.45) is 0 Å². The summed E-state index contributed by atoms with van der Waals surface area (Å²) in [4.78, 5) is 10.7. The van der Waals surface area contributed by atoms with E-state index in [1.165, 1.54) is 18.8 Å². The van der Waals surface area contributed by atoms with Gasteiger partial charge in [-0.25, -0.2) is 4.79 Å². The molecular weight excluding hydrogens is 236 g/mol. The Morgan fingerprint density at radius 2 is 1.94 bits per heavy atom. The number of carbonyl (C=O) groups is 1. The second kappa shape index (κ2) is 5.54. The van der Waals surface area contributed by atoms with E-state index in [2.05, 4.69) is 0 Å². The van der Waals surface area contributed by atoms with E-state index in [1.54, 1.807) is 0 Å². The molecule has 2 rings (SSSR count). The maximum Gasteiger partial charge on any atom is 0.371 e. The molecule has 1 aliphatic carbocycles. The Kier molecular flexibility index (Phi) is 4.04. The molecular formula is C13H18O5. The van der Waals surface area contributed by atoms with Crippen LogP contribution in [0.15, 0.2) is 23.5 Å². The molecule has 0 aromatic rings. The van der Waals surface area contributed by atoms with Gasteiger partial charge in [0, 0.05) is 12.8 Å². The Morgan fingerprint density at radius 1 is 1.33 bits per heavy atom. The number of carboxylic acid groups (broad SMARTS) is 1. The number of ether oxygens (including phenoxy) is 3. The fraction of sp³-hybridized carbons (Fsp3) is 0.615. The van der Waals surface area contributed by atoms with Crippen LogP contribution in [0.2, 0.25) is 0 Å². The Morgan fingerprint density at radius 3 is 2.44 bits per heavy atom. The van der Waals surface area contributed by atoms with E-state index >= 15 is 0 Å². The molecule has 2 fully saturated rings. The van der Waals surface area contributed by atoms with Crippen LogP contribution in [0, 0.1) is 0 Å². The van der Waals surface area contributed by atoms with Gasteiger partial charge in [0.15, 0.2) is 5.79 Å². The van der Waals surface area contributed by atoms with Crippen LogP contribution in [0.1, 0.15) is 25.7 Å². The van der Waals surface area contributed by atoms with Crippen LogP contribution in [0.3, 0.4) is 0 Å². The molecule has 1 saturated carbocycles. The lowest BCUT2D eigenvalue weighted by molar-refractivity contribution is -0.171. The summed E-state index contributed by atoms with van der Waals surface area (Å²) in [5, 5.41) is 8.81. The Bertz CT molecular complexity index is 365. The zero-order valence-electron chi connectivity index (χ0n) is 10.5. The first-order valence-electron chi connectivity index (χ1n) is 6.10. The number of hydrogen-bond donors (Lipinski definition) is 1. The third-order valence-electron chi connectivity index (χ3n) is 3.37. The van der Waals surface area contributed by atoms with Crippen LogP contribution in [0.25, 0.3) is 0 Å². The zero-order chi connectivity index (χ0) is 13.0. The number of methoxy groups -OCH3 is 1. The van der Waals surface area contributed by atoms with Crippen molar-refractivity contribution in [2.75, 3.05) is 20.3 Å². The SMILES string of the molecule is COC(=CC=C1CCC2(CC1)OCCO2)C(=O)O. The summed E-state index contributed by atoms with van der Waals surface area (Å²) in [7, 11) is 1.36. The molecule has 5 heteroatoms. The van der Waals surface area contributed by atoms with Crippen LogP contribution in [-0.4, -0.2) is 37.2 Å². The lowest BCUT2D eigenvalue weighted by Gasteiger charge is -2.32. The fourth-order valence-electron chi connectivity index (χ4n) is 2.32. The zero-order valence-corrected chi connectivity index (χ0v) is 10.5. The normalized spacial score (nSPS) is 23.2. The van der Waals surface area contributed by atoms with Gasteiger partial charge in [0.2, 0.25) is 5.76 Å². The topological polar surface area (TPSA) is 65.0 Å². The number of hydrogen-bond acceptors (Lipinski definition) is 4. The van der Waals surface area contributed by atoms with Crippen LogP contribution in [-0.2, 0) is 19.0 Å². The van der Waals surface area contributed by atoms with Crippen molar-refractivity contribution >= 4 is 5.97 Å². The molecule has 0 atom stereocenters. The summed E-state index contributed by atoms with van der Waals surface area (Å²) in [5.41, 5.74) is 1.20. The average Bonchev–Trinajstić information content (AvgIpc) is 2.81. The monoisotopic (exact) mass is 254 g/mol. The van der Waals surface area contributed by atoms with Gasteiger partial charge < -0.3 is 19.3 Å². The predicted molar refractivity (Wildman–Crippen MR) is 63.9 cm³/mol. The first-order chi connectivity index (χ1) is 8.65. The molecule has 0 aromatic carbocycles. The molecule has 2 aliphatic rings. The van der Waals surface area contributed by atoms with Gasteiger partial charge in [0.05, 0.1) is 20.3 Å². The minimum absolute atomic E-state index is 0.0452. The lowest BCUT2D eigenvalue weighted by atomic mass is 9.89. The highest BCUT2D eigenvalue weighted by atomic mass is 16.7. The van der Waals surface area contributed by atoms with E-state index in [0.717, 1.165) is 25.7 Å². The van der Waals surface area contributed by atoms with Gasteiger partial charge in [0.1, 0.15) is 0 Å². The predicted octanol–water partition coefficient (Wildman–Crippen LogP) is 1.84. The molecule has 1 saturated heterocycles. The third kappa shape index (κ3) is 2.91. The van der Waals surface area contributed by atoms with Crippen LogP contribution < -0.4 is 0 Å². The summed E-state index contributed by atoms with van der Waals surface area (Å²) in [6.07, 6.45) is 6.74. The molecule has 1 N–H and O–H groups in total. The second-order valence-electron chi connectivity index (χ2n) is 4.47. The molecule has 0 amide bonds. The van der Waals surface area contributed by atoms with E-state index in [0.29, 0.717) is 13.2 Å². The molecule has 1 heterocycles. The van der Waals surface area contributed by atoms with E-state index in [1.807, 2.05) is 6.08 Å². The highest BCUT2D eigenvalue weighted by Gasteiger charge is 2.38. The van der Waals surface area contributed by atoms with Crippen LogP contribution in [0.4, 0.5) is 0 Å². The summed E-state index contributed by atoms with van der Waals surface area (Å²) in [6, 6.07) is 0. The first-order valence-corrected chi connectivity index (χ1v) is 6.10. The van der Waals surface area contributed by atoms with Crippen molar-refractivity contribution in [3.8, 4) is 0 Å². The summed E-state index contributed by atoms with van der Waals surface area (Å²) >= 11 is 0. The summed E-state index contributed by atoms with van der Waals surface area (Å²) < 4.78 is 16.0. The maximum atomic E-state index is 10.7. The van der Waals surface area contributed by atoms with Gasteiger partial charge in [-0.1, -0.05) is 11.6 Å². The maximum absolute atomic E-state index is 10.7. The molecule has 0 radical (unpaired) electrons. The van der Waals surface area contributed by atoms with E-state index in [9.17, 15) is 4.79 Å². The highest BCUT2D eigenvalue weighted by Crippen LogP contribution is 2.37. The Labute approximate surface area is 106 Å². The van der Waals surface area contributed by atoms with Gasteiger partial charge >= 0.3 is 5.97 Å². The lowest BCUT2D eigenvalue weighted by Crippen LogP contribution is -2.33. The van der Waals surface area contributed by atoms with Crippen molar-refractivity contribution in [3.63, 3.8) is 0 Å². The van der Waals surface area contributed by atoms with E-state index in [-0.39, 0.29) is 11.5 Å². The van der Waals surface area contributed by atoms with Gasteiger partial charge in [-0.05, 0) is 18.9 Å². The average molecular weight is 254 g/mol. The minimum atomic E-state index is -1.05. The molecule has 1 aliphatic heterocycles. The second-order valence-corrected chi connectivity index (χ2v) is 4.47. The van der Waals surface area contributed by atoms with Crippen LogP contribution >= 0.6 is 0 Å². The fourth-order valence-corrected chi connectivity index (χ4v) is 2.32. The van der Waals surface area contributed by atoms with E-state index < -0.39 is 5.97 Å². The molecule has 0 aromatic heterocycles. The number of rotatable bonds is 3. The van der Waals surface area contributed by atoms with Crippen molar-refractivity contribution in [1.82, 2.24) is 0 Å². The number of allylic oxidation sites excluding steroid dienone is 3. The van der Waals surface area contributed by atoms with E-state index in [4.69, 9.17) is 19.3 Å². The van der Waals surface area contributed by atoms with Crippen molar-refractivity contribution in [1.29, 1.82) is 0 Å². The Balaban J connectivity index is 1.94. The van der Waals surface area contributed by atoms with Crippen LogP contribution in [0.5, 0.6) is 0 Å². The standard InChI is InChI=1S/C13H18O5/c1-16-11(12(14)15)3-2-10-4-6-13(7-5-10)17-8-9-18-13/h2-3H,4-9H2,1H3,(H,14,15). The third-order valence-corrected chi connectivity index (χ3v) is 3.37. The van der Waals surface area contributed by atoms with Crippen molar-refractivity contribution in [3.05, 3.63) is 23.5 Å². The number of carboxylic acids is 1. The molecule has 5 nitrogen and oxygen atoms in total.